The average molecular weight is 229 g/mol. The molecule has 0 radical (unpaired) electrons. The molecular weight excluding hydrogens is 206 g/mol. The van der Waals surface area contributed by atoms with Gasteiger partial charge < -0.3 is 15.6 Å². The molecule has 0 spiro atoms. The molecule has 3 atom stereocenters. The molecule has 4 nitrogen and oxygen atoms in total. The van der Waals surface area contributed by atoms with E-state index in [-0.39, 0.29) is 0 Å². The predicted molar refractivity (Wildman–Crippen MR) is 61.8 cm³/mol. The van der Waals surface area contributed by atoms with Crippen molar-refractivity contribution in [2.45, 2.75) is 45.6 Å². The van der Waals surface area contributed by atoms with Crippen molar-refractivity contribution in [3.05, 3.63) is 0 Å². The van der Waals surface area contributed by atoms with Crippen LogP contribution in [0.15, 0.2) is 0 Å². The summed E-state index contributed by atoms with van der Waals surface area (Å²) in [7, 11) is 0. The zero-order chi connectivity index (χ0) is 12.2. The van der Waals surface area contributed by atoms with Crippen LogP contribution in [-0.4, -0.2) is 30.3 Å². The quantitative estimate of drug-likeness (QED) is 0.692. The molecule has 1 saturated carbocycles. The van der Waals surface area contributed by atoms with Gasteiger partial charge in [0, 0.05) is 12.0 Å². The van der Waals surface area contributed by atoms with Crippen molar-refractivity contribution in [2.24, 2.45) is 17.1 Å². The van der Waals surface area contributed by atoms with Crippen LogP contribution in [0.4, 0.5) is 0 Å². The number of rotatable bonds is 5. The highest BCUT2D eigenvalue weighted by Crippen LogP contribution is 2.45. The third kappa shape index (κ3) is 2.55. The maximum Gasteiger partial charge on any atom is 0.335 e. The molecule has 1 aliphatic carbocycles. The number of hydrogen-bond acceptors (Lipinski definition) is 4. The number of hydrogen-bond donors (Lipinski definition) is 2. The number of esters is 1. The topological polar surface area (TPSA) is 72.5 Å². The minimum absolute atomic E-state index is 0.299. The Morgan fingerprint density at radius 3 is 2.75 bits per heavy atom. The van der Waals surface area contributed by atoms with E-state index in [1.54, 1.807) is 6.92 Å². The zero-order valence-corrected chi connectivity index (χ0v) is 10.2. The Morgan fingerprint density at radius 2 is 2.31 bits per heavy atom. The van der Waals surface area contributed by atoms with Crippen molar-refractivity contribution in [1.29, 1.82) is 0 Å². The normalized spacial score (nSPS) is 31.4. The monoisotopic (exact) mass is 229 g/mol. The zero-order valence-electron chi connectivity index (χ0n) is 10.2. The number of aliphatic hydroxyl groups is 1. The third-order valence-electron chi connectivity index (χ3n) is 3.82. The Labute approximate surface area is 97.2 Å². The van der Waals surface area contributed by atoms with E-state index in [9.17, 15) is 9.90 Å². The van der Waals surface area contributed by atoms with E-state index in [1.165, 1.54) is 0 Å². The largest absolute Gasteiger partial charge is 0.464 e. The molecule has 3 unspecified atom stereocenters. The average Bonchev–Trinajstić information content (AvgIpc) is 2.73. The van der Waals surface area contributed by atoms with E-state index < -0.39 is 17.5 Å². The van der Waals surface area contributed by atoms with Crippen LogP contribution in [0.2, 0.25) is 0 Å². The number of ether oxygens (including phenoxy) is 1. The first-order chi connectivity index (χ1) is 7.59. The molecule has 0 aromatic rings. The highest BCUT2D eigenvalue weighted by Gasteiger charge is 2.46. The van der Waals surface area contributed by atoms with E-state index in [0.717, 1.165) is 25.7 Å². The van der Waals surface area contributed by atoms with Crippen molar-refractivity contribution >= 4 is 5.97 Å². The third-order valence-corrected chi connectivity index (χ3v) is 3.82. The summed E-state index contributed by atoms with van der Waals surface area (Å²) in [5.41, 5.74) is 5.30. The second kappa shape index (κ2) is 5.64. The summed E-state index contributed by atoms with van der Waals surface area (Å²) in [5, 5.41) is 10.1. The Kier molecular flexibility index (Phi) is 4.74. The van der Waals surface area contributed by atoms with Gasteiger partial charge in [-0.3, -0.25) is 0 Å². The molecule has 0 aromatic carbocycles. The number of carbonyl (C=O) groups excluding carboxylic acids is 1. The van der Waals surface area contributed by atoms with Crippen molar-refractivity contribution < 1.29 is 14.6 Å². The molecule has 3 N–H and O–H groups in total. The van der Waals surface area contributed by atoms with Gasteiger partial charge in [-0.25, -0.2) is 4.79 Å². The van der Waals surface area contributed by atoms with E-state index in [4.69, 9.17) is 10.5 Å². The molecule has 16 heavy (non-hydrogen) atoms. The lowest BCUT2D eigenvalue weighted by Crippen LogP contribution is -2.45. The highest BCUT2D eigenvalue weighted by atomic mass is 16.5. The van der Waals surface area contributed by atoms with Gasteiger partial charge in [0.1, 0.15) is 0 Å². The maximum absolute atomic E-state index is 11.6. The van der Waals surface area contributed by atoms with Crippen molar-refractivity contribution in [1.82, 2.24) is 0 Å². The first-order valence-corrected chi connectivity index (χ1v) is 6.14. The SMILES string of the molecule is CCOC(=O)C(O)C1(CN)CCC(CC)C1. The molecule has 94 valence electrons. The highest BCUT2D eigenvalue weighted by molar-refractivity contribution is 5.75. The lowest BCUT2D eigenvalue weighted by Gasteiger charge is -2.31. The molecule has 0 saturated heterocycles. The second-order valence-corrected chi connectivity index (χ2v) is 4.74. The minimum atomic E-state index is -1.06. The van der Waals surface area contributed by atoms with E-state index >= 15 is 0 Å². The summed E-state index contributed by atoms with van der Waals surface area (Å²) in [6, 6.07) is 0. The molecule has 1 rings (SSSR count). The second-order valence-electron chi connectivity index (χ2n) is 4.74. The van der Waals surface area contributed by atoms with Gasteiger partial charge in [-0.15, -0.1) is 0 Å². The van der Waals surface area contributed by atoms with E-state index in [2.05, 4.69) is 6.92 Å². The van der Waals surface area contributed by atoms with E-state index in [0.29, 0.717) is 19.1 Å². The van der Waals surface area contributed by atoms with Crippen LogP contribution in [0.1, 0.15) is 39.5 Å². The van der Waals surface area contributed by atoms with Gasteiger partial charge in [-0.2, -0.15) is 0 Å². The van der Waals surface area contributed by atoms with Crippen LogP contribution < -0.4 is 5.73 Å². The Morgan fingerprint density at radius 1 is 1.62 bits per heavy atom. The lowest BCUT2D eigenvalue weighted by atomic mass is 9.79. The number of aliphatic hydroxyl groups excluding tert-OH is 1. The van der Waals surface area contributed by atoms with Gasteiger partial charge in [0.15, 0.2) is 6.10 Å². The molecule has 1 fully saturated rings. The predicted octanol–water partition coefficient (Wildman–Crippen LogP) is 1.07. The van der Waals surface area contributed by atoms with Gasteiger partial charge >= 0.3 is 5.97 Å². The fraction of sp³-hybridized carbons (Fsp3) is 0.917. The smallest absolute Gasteiger partial charge is 0.335 e. The van der Waals surface area contributed by atoms with Gasteiger partial charge in [-0.05, 0) is 32.1 Å². The maximum atomic E-state index is 11.6. The molecule has 0 bridgehead atoms. The fourth-order valence-electron chi connectivity index (χ4n) is 2.64. The molecule has 1 aliphatic rings. The van der Waals surface area contributed by atoms with Gasteiger partial charge in [0.05, 0.1) is 6.61 Å². The molecule has 0 amide bonds. The first-order valence-electron chi connectivity index (χ1n) is 6.14. The molecule has 0 aliphatic heterocycles. The van der Waals surface area contributed by atoms with Crippen LogP contribution >= 0.6 is 0 Å². The van der Waals surface area contributed by atoms with Crippen molar-refractivity contribution in [2.75, 3.05) is 13.2 Å². The van der Waals surface area contributed by atoms with Gasteiger partial charge in [0.25, 0.3) is 0 Å². The Bertz CT molecular complexity index is 244. The van der Waals surface area contributed by atoms with Crippen LogP contribution in [0.25, 0.3) is 0 Å². The molecule has 0 heterocycles. The van der Waals surface area contributed by atoms with Gasteiger partial charge in [-0.1, -0.05) is 13.3 Å². The standard InChI is InChI=1S/C12H23NO3/c1-3-9-5-6-12(7-9,8-13)10(14)11(15)16-4-2/h9-10,14H,3-8,13H2,1-2H3. The molecule has 0 aromatic heterocycles. The first kappa shape index (κ1) is 13.5. The lowest BCUT2D eigenvalue weighted by molar-refractivity contribution is -0.160. The number of nitrogens with two attached hydrogens (primary N) is 1. The fourth-order valence-corrected chi connectivity index (χ4v) is 2.64. The van der Waals surface area contributed by atoms with Crippen LogP contribution in [-0.2, 0) is 9.53 Å². The van der Waals surface area contributed by atoms with E-state index in [1.807, 2.05) is 0 Å². The summed E-state index contributed by atoms with van der Waals surface area (Å²) in [6.07, 6.45) is 2.72. The van der Waals surface area contributed by atoms with Crippen LogP contribution in [0, 0.1) is 11.3 Å². The molecular formula is C12H23NO3. The summed E-state index contributed by atoms with van der Waals surface area (Å²) >= 11 is 0. The summed E-state index contributed by atoms with van der Waals surface area (Å²) < 4.78 is 4.87. The van der Waals surface area contributed by atoms with Crippen molar-refractivity contribution in [3.8, 4) is 0 Å². The van der Waals surface area contributed by atoms with Gasteiger partial charge in [0.2, 0.25) is 0 Å². The minimum Gasteiger partial charge on any atom is -0.464 e. The Hall–Kier alpha value is -0.610. The summed E-state index contributed by atoms with van der Waals surface area (Å²) in [5.74, 6) is 0.0531. The molecule has 4 heteroatoms. The summed E-state index contributed by atoms with van der Waals surface area (Å²) in [4.78, 5) is 11.6. The summed E-state index contributed by atoms with van der Waals surface area (Å²) in [6.45, 7) is 4.52. The van der Waals surface area contributed by atoms with Crippen LogP contribution in [0.5, 0.6) is 0 Å². The van der Waals surface area contributed by atoms with Crippen LogP contribution in [0.3, 0.4) is 0 Å². The number of carbonyl (C=O) groups is 1. The van der Waals surface area contributed by atoms with Crippen molar-refractivity contribution in [3.63, 3.8) is 0 Å². The Balaban J connectivity index is 2.69.